The second-order valence-corrected chi connectivity index (χ2v) is 1.32. The largest absolute Gasteiger partial charge is 0.248 e. The van der Waals surface area contributed by atoms with Crippen LogP contribution in [0.1, 0.15) is 20.3 Å². The normalized spacial score (nSPS) is 3.78. The lowest BCUT2D eigenvalue weighted by Gasteiger charge is -1.48. The molecule has 0 bridgehead atoms. The summed E-state index contributed by atoms with van der Waals surface area (Å²) in [6.45, 7) is 4.25. The predicted molar refractivity (Wildman–Crippen MR) is 46.6 cm³/mol. The first-order valence-corrected chi connectivity index (χ1v) is 3.14. The van der Waals surface area contributed by atoms with Crippen LogP contribution < -0.4 is 0 Å². The molecule has 0 saturated carbocycles. The van der Waals surface area contributed by atoms with E-state index in [1.54, 1.807) is 10.3 Å². The van der Waals surface area contributed by atoms with Crippen LogP contribution in [0.4, 0.5) is 0 Å². The van der Waals surface area contributed by atoms with E-state index in [-0.39, 0.29) is 0 Å². The molecule has 0 rings (SSSR count). The summed E-state index contributed by atoms with van der Waals surface area (Å²) in [7, 11) is 0. The quantitative estimate of drug-likeness (QED) is 0.425. The van der Waals surface area contributed by atoms with Gasteiger partial charge in [0.05, 0.1) is 10.3 Å². The van der Waals surface area contributed by atoms with Crippen LogP contribution in [0.25, 0.3) is 0 Å². The van der Waals surface area contributed by atoms with Crippen molar-refractivity contribution >= 4 is 34.8 Å². The van der Waals surface area contributed by atoms with Crippen molar-refractivity contribution in [2.75, 3.05) is 0 Å². The molecule has 0 unspecified atom stereocenters. The lowest BCUT2D eigenvalue weighted by atomic mass is 10.6. The summed E-state index contributed by atoms with van der Waals surface area (Å²) < 4.78 is 0. The highest BCUT2D eigenvalue weighted by molar-refractivity contribution is 7.78. The van der Waals surface area contributed by atoms with E-state index in [1.807, 2.05) is 0 Å². The molecule has 0 aromatic rings. The first-order chi connectivity index (χ1) is 4.24. The molecule has 2 nitrogen and oxygen atoms in total. The van der Waals surface area contributed by atoms with Gasteiger partial charge >= 0.3 is 0 Å². The Kier molecular flexibility index (Phi) is 86.2. The van der Waals surface area contributed by atoms with Crippen LogP contribution in [0.5, 0.6) is 0 Å². The first kappa shape index (κ1) is 15.8. The van der Waals surface area contributed by atoms with Crippen LogP contribution in [0.2, 0.25) is 0 Å². The van der Waals surface area contributed by atoms with E-state index in [0.29, 0.717) is 0 Å². The molecule has 0 saturated heterocycles. The van der Waals surface area contributed by atoms with Gasteiger partial charge in [-0.05, 0) is 24.4 Å². The van der Waals surface area contributed by atoms with Crippen LogP contribution >= 0.6 is 24.4 Å². The fourth-order valence-electron chi connectivity index (χ4n) is 0. The van der Waals surface area contributed by atoms with Gasteiger partial charge in [-0.25, -0.2) is 10.8 Å². The highest BCUT2D eigenvalue weighted by Crippen LogP contribution is 1.56. The fraction of sp³-hybridized carbons (Fsp3) is 0.600. The monoisotopic (exact) mass is 162 g/mol. The van der Waals surface area contributed by atoms with E-state index in [0.717, 1.165) is 0 Å². The Morgan fingerprint density at radius 1 is 1.11 bits per heavy atom. The molecule has 0 aliphatic carbocycles. The van der Waals surface area contributed by atoms with E-state index in [2.05, 4.69) is 38.3 Å². The summed E-state index contributed by atoms with van der Waals surface area (Å²) in [5.74, 6) is 0. The molecule has 9 heavy (non-hydrogen) atoms. The minimum atomic E-state index is 1.25. The molecule has 0 heterocycles. The molecule has 0 aromatic carbocycles. The zero-order chi connectivity index (χ0) is 8.12. The fourth-order valence-corrected chi connectivity index (χ4v) is 0. The Morgan fingerprint density at radius 2 is 1.11 bits per heavy atom. The summed E-state index contributed by atoms with van der Waals surface area (Å²) in [6, 6.07) is 0. The standard InChI is InChI=1S/C3H8.2CHNS/c1-3-2;2*2-1-3/h3H2,1-2H3;2*2H. The summed E-state index contributed by atoms with van der Waals surface area (Å²) in [5.41, 5.74) is 0. The second-order valence-electron chi connectivity index (χ2n) is 0.911. The Labute approximate surface area is 66.3 Å². The molecular formula is C5H10N2S2. The summed E-state index contributed by atoms with van der Waals surface area (Å²) in [4.78, 5) is 0. The van der Waals surface area contributed by atoms with E-state index in [1.165, 1.54) is 6.42 Å². The van der Waals surface area contributed by atoms with Gasteiger partial charge in [0.2, 0.25) is 0 Å². The van der Waals surface area contributed by atoms with Gasteiger partial charge < -0.3 is 0 Å². The molecule has 0 spiro atoms. The molecule has 0 aliphatic heterocycles. The third-order valence-corrected chi connectivity index (χ3v) is 0. The van der Waals surface area contributed by atoms with E-state index < -0.39 is 0 Å². The highest BCUT2D eigenvalue weighted by atomic mass is 32.1. The Bertz CT molecular complexity index is 77.1. The van der Waals surface area contributed by atoms with Crippen LogP contribution in [-0.2, 0) is 0 Å². The van der Waals surface area contributed by atoms with Crippen molar-refractivity contribution < 1.29 is 0 Å². The van der Waals surface area contributed by atoms with E-state index >= 15 is 0 Å². The third-order valence-electron chi connectivity index (χ3n) is 0. The minimum Gasteiger partial charge on any atom is -0.248 e. The van der Waals surface area contributed by atoms with Crippen LogP contribution in [0, 0.1) is 10.8 Å². The number of isothiocyanates is 2. The Morgan fingerprint density at radius 3 is 1.11 bits per heavy atom. The average molecular weight is 162 g/mol. The molecule has 4 heteroatoms. The first-order valence-electron chi connectivity index (χ1n) is 2.32. The number of nitrogens with one attached hydrogen (secondary N) is 2. The number of hydrogen-bond donors (Lipinski definition) is 2. The molecule has 0 aromatic heterocycles. The molecule has 0 fully saturated rings. The molecule has 0 atom stereocenters. The minimum absolute atomic E-state index is 1.25. The molecule has 2 N–H and O–H groups in total. The van der Waals surface area contributed by atoms with Gasteiger partial charge in [-0.2, -0.15) is 0 Å². The van der Waals surface area contributed by atoms with Crippen molar-refractivity contribution in [3.05, 3.63) is 0 Å². The van der Waals surface area contributed by atoms with E-state index in [4.69, 9.17) is 10.8 Å². The topological polar surface area (TPSA) is 47.7 Å². The highest BCUT2D eigenvalue weighted by Gasteiger charge is 1.35. The maximum Gasteiger partial charge on any atom is 0.0554 e. The number of thiocarbonyl (C=S) groups is 2. The summed E-state index contributed by atoms with van der Waals surface area (Å²) in [5, 5.41) is 14.7. The molecule has 52 valence electrons. The van der Waals surface area contributed by atoms with Gasteiger partial charge in [0.1, 0.15) is 0 Å². The smallest absolute Gasteiger partial charge is 0.0554 e. The molecular weight excluding hydrogens is 152 g/mol. The maximum atomic E-state index is 5.77. The van der Waals surface area contributed by atoms with Gasteiger partial charge in [0.25, 0.3) is 0 Å². The second kappa shape index (κ2) is 49.0. The number of rotatable bonds is 0. The predicted octanol–water partition coefficient (Wildman–Crippen LogP) is 2.75. The molecule has 0 amide bonds. The van der Waals surface area contributed by atoms with Gasteiger partial charge in [0.15, 0.2) is 0 Å². The zero-order valence-corrected chi connectivity index (χ0v) is 7.16. The number of hydrogen-bond acceptors (Lipinski definition) is 4. The average Bonchev–Trinajstić information content (AvgIpc) is 1.70. The Balaban J connectivity index is -0.0000000600. The summed E-state index contributed by atoms with van der Waals surface area (Å²) in [6.07, 6.45) is 1.25. The van der Waals surface area contributed by atoms with Crippen molar-refractivity contribution in [1.29, 1.82) is 10.8 Å². The van der Waals surface area contributed by atoms with Crippen molar-refractivity contribution in [2.45, 2.75) is 20.3 Å². The van der Waals surface area contributed by atoms with Gasteiger partial charge in [-0.3, -0.25) is 0 Å². The van der Waals surface area contributed by atoms with Gasteiger partial charge in [-0.1, -0.05) is 20.3 Å². The van der Waals surface area contributed by atoms with Gasteiger partial charge in [-0.15, -0.1) is 0 Å². The molecule has 0 aliphatic rings. The third kappa shape index (κ3) is 1490. The van der Waals surface area contributed by atoms with Crippen molar-refractivity contribution in [3.8, 4) is 0 Å². The SMILES string of the molecule is CCC.N=C=S.N=C=S. The van der Waals surface area contributed by atoms with Crippen molar-refractivity contribution in [3.63, 3.8) is 0 Å². The zero-order valence-electron chi connectivity index (χ0n) is 5.52. The van der Waals surface area contributed by atoms with E-state index in [9.17, 15) is 0 Å². The van der Waals surface area contributed by atoms with Gasteiger partial charge in [0, 0.05) is 0 Å². The van der Waals surface area contributed by atoms with Crippen LogP contribution in [0.15, 0.2) is 0 Å². The van der Waals surface area contributed by atoms with Crippen LogP contribution in [-0.4, -0.2) is 10.3 Å². The molecule has 0 radical (unpaired) electrons. The van der Waals surface area contributed by atoms with Crippen LogP contribution in [0.3, 0.4) is 0 Å². The lowest BCUT2D eigenvalue weighted by molar-refractivity contribution is 1.09. The Hall–Kier alpha value is -0.400. The lowest BCUT2D eigenvalue weighted by Crippen LogP contribution is -1.27. The van der Waals surface area contributed by atoms with Crippen molar-refractivity contribution in [2.24, 2.45) is 0 Å². The van der Waals surface area contributed by atoms with Crippen molar-refractivity contribution in [1.82, 2.24) is 0 Å². The maximum absolute atomic E-state index is 5.77. The summed E-state index contributed by atoms with van der Waals surface area (Å²) >= 11 is 7.62.